The number of nitrogens with zero attached hydrogens (tertiary/aromatic N) is 2. The maximum absolute atomic E-state index is 8.52. The summed E-state index contributed by atoms with van der Waals surface area (Å²) in [6.45, 7) is 0. The zero-order valence-electron chi connectivity index (χ0n) is 6.32. The maximum atomic E-state index is 8.52. The molecule has 0 aliphatic carbocycles. The molecule has 1 atom stereocenters. The Kier molecular flexibility index (Phi) is 2.82. The van der Waals surface area contributed by atoms with Crippen LogP contribution in [0.25, 0.3) is 0 Å². The Balaban J connectivity index is 2.77. The molecule has 4 heteroatoms. The monoisotopic (exact) mass is 177 g/mol. The zero-order chi connectivity index (χ0) is 8.97. The lowest BCUT2D eigenvalue weighted by molar-refractivity contribution is 0.752. The number of hydrogen-bond acceptors (Lipinski definition) is 4. The standard InChI is InChI=1S/C8H7N3S/c9-2-1-8(11)6-3-7(4-10)12-5-6/h3,5,8H,1,11H2/t8-/m1/s1. The van der Waals surface area contributed by atoms with Crippen LogP contribution >= 0.6 is 11.3 Å². The van der Waals surface area contributed by atoms with Crippen LogP contribution in [0.1, 0.15) is 22.9 Å². The van der Waals surface area contributed by atoms with E-state index in [9.17, 15) is 0 Å². The second-order valence-corrected chi connectivity index (χ2v) is 3.24. The first kappa shape index (κ1) is 8.73. The Bertz CT molecular complexity index is 342. The fourth-order valence-electron chi connectivity index (χ4n) is 0.820. The van der Waals surface area contributed by atoms with Gasteiger partial charge in [0.15, 0.2) is 0 Å². The summed E-state index contributed by atoms with van der Waals surface area (Å²) in [5, 5.41) is 18.7. The summed E-state index contributed by atoms with van der Waals surface area (Å²) >= 11 is 1.35. The normalized spacial score (nSPS) is 11.6. The van der Waals surface area contributed by atoms with Crippen molar-refractivity contribution in [3.8, 4) is 12.1 Å². The van der Waals surface area contributed by atoms with Crippen molar-refractivity contribution >= 4 is 11.3 Å². The topological polar surface area (TPSA) is 73.6 Å². The van der Waals surface area contributed by atoms with Crippen LogP contribution in [0.3, 0.4) is 0 Å². The molecule has 0 fully saturated rings. The van der Waals surface area contributed by atoms with Crippen molar-refractivity contribution in [2.24, 2.45) is 5.73 Å². The fraction of sp³-hybridized carbons (Fsp3) is 0.250. The van der Waals surface area contributed by atoms with Crippen LogP contribution in [0.2, 0.25) is 0 Å². The van der Waals surface area contributed by atoms with Gasteiger partial charge in [0.05, 0.1) is 12.5 Å². The van der Waals surface area contributed by atoms with Crippen LogP contribution in [-0.2, 0) is 0 Å². The molecule has 0 aromatic carbocycles. The summed E-state index contributed by atoms with van der Waals surface area (Å²) in [5.74, 6) is 0. The lowest BCUT2D eigenvalue weighted by atomic mass is 10.1. The number of rotatable bonds is 2. The first-order valence-electron chi connectivity index (χ1n) is 3.39. The van der Waals surface area contributed by atoms with Crippen molar-refractivity contribution < 1.29 is 0 Å². The molecule has 0 bridgehead atoms. The summed E-state index contributed by atoms with van der Waals surface area (Å²) < 4.78 is 0. The van der Waals surface area contributed by atoms with Crippen molar-refractivity contribution in [3.05, 3.63) is 21.9 Å². The number of hydrogen-bond donors (Lipinski definition) is 1. The van der Waals surface area contributed by atoms with Crippen molar-refractivity contribution in [2.75, 3.05) is 0 Å². The Morgan fingerprint density at radius 1 is 1.58 bits per heavy atom. The van der Waals surface area contributed by atoms with E-state index in [1.807, 2.05) is 17.5 Å². The molecule has 0 radical (unpaired) electrons. The Hall–Kier alpha value is -1.36. The van der Waals surface area contributed by atoms with Crippen molar-refractivity contribution in [1.29, 1.82) is 10.5 Å². The predicted octanol–water partition coefficient (Wildman–Crippen LogP) is 1.53. The quantitative estimate of drug-likeness (QED) is 0.744. The molecule has 1 rings (SSSR count). The van der Waals surface area contributed by atoms with E-state index >= 15 is 0 Å². The van der Waals surface area contributed by atoms with E-state index in [1.165, 1.54) is 11.3 Å². The fourth-order valence-corrected chi connectivity index (χ4v) is 1.58. The molecule has 2 N–H and O–H groups in total. The minimum atomic E-state index is -0.256. The van der Waals surface area contributed by atoms with Crippen LogP contribution in [-0.4, -0.2) is 0 Å². The van der Waals surface area contributed by atoms with E-state index in [0.717, 1.165) is 5.56 Å². The van der Waals surface area contributed by atoms with Gasteiger partial charge in [-0.3, -0.25) is 0 Å². The van der Waals surface area contributed by atoms with Gasteiger partial charge in [-0.1, -0.05) is 0 Å². The van der Waals surface area contributed by atoms with Crippen molar-refractivity contribution in [2.45, 2.75) is 12.5 Å². The van der Waals surface area contributed by atoms with Gasteiger partial charge in [0.2, 0.25) is 0 Å². The third kappa shape index (κ3) is 1.82. The highest BCUT2D eigenvalue weighted by atomic mass is 32.1. The van der Waals surface area contributed by atoms with Gasteiger partial charge in [0.25, 0.3) is 0 Å². The van der Waals surface area contributed by atoms with Gasteiger partial charge in [0.1, 0.15) is 10.9 Å². The van der Waals surface area contributed by atoms with Gasteiger partial charge < -0.3 is 5.73 Å². The SMILES string of the molecule is N#CC[C@@H](N)c1csc(C#N)c1. The summed E-state index contributed by atoms with van der Waals surface area (Å²) in [4.78, 5) is 0.637. The van der Waals surface area contributed by atoms with Gasteiger partial charge in [-0.25, -0.2) is 0 Å². The highest BCUT2D eigenvalue weighted by Gasteiger charge is 2.07. The van der Waals surface area contributed by atoms with E-state index in [-0.39, 0.29) is 6.04 Å². The average molecular weight is 177 g/mol. The molecule has 3 nitrogen and oxygen atoms in total. The predicted molar refractivity (Wildman–Crippen MR) is 46.2 cm³/mol. The minimum Gasteiger partial charge on any atom is -0.323 e. The molecule has 0 aliphatic heterocycles. The summed E-state index contributed by atoms with van der Waals surface area (Å²) in [7, 11) is 0. The van der Waals surface area contributed by atoms with Crippen LogP contribution in [0.4, 0.5) is 0 Å². The molecule has 1 aromatic heterocycles. The van der Waals surface area contributed by atoms with Gasteiger partial charge >= 0.3 is 0 Å². The zero-order valence-corrected chi connectivity index (χ0v) is 7.14. The van der Waals surface area contributed by atoms with Crippen LogP contribution in [0.15, 0.2) is 11.4 Å². The Morgan fingerprint density at radius 3 is 2.83 bits per heavy atom. The molecule has 0 amide bonds. The highest BCUT2D eigenvalue weighted by molar-refractivity contribution is 7.10. The van der Waals surface area contributed by atoms with E-state index in [0.29, 0.717) is 11.3 Å². The lowest BCUT2D eigenvalue weighted by Crippen LogP contribution is -2.07. The molecule has 60 valence electrons. The molecule has 0 saturated heterocycles. The summed E-state index contributed by atoms with van der Waals surface area (Å²) in [6, 6.07) is 5.49. The molecule has 1 aromatic rings. The van der Waals surface area contributed by atoms with Gasteiger partial charge in [-0.2, -0.15) is 10.5 Å². The molecule has 0 spiro atoms. The molecular formula is C8H7N3S. The van der Waals surface area contributed by atoms with Gasteiger partial charge in [0, 0.05) is 6.04 Å². The van der Waals surface area contributed by atoms with E-state index in [2.05, 4.69) is 0 Å². The van der Waals surface area contributed by atoms with Crippen molar-refractivity contribution in [3.63, 3.8) is 0 Å². The second kappa shape index (κ2) is 3.87. The highest BCUT2D eigenvalue weighted by Crippen LogP contribution is 2.20. The third-order valence-electron chi connectivity index (χ3n) is 1.47. The molecule has 1 heterocycles. The number of nitriles is 2. The Morgan fingerprint density at radius 2 is 2.33 bits per heavy atom. The summed E-state index contributed by atoms with van der Waals surface area (Å²) in [5.41, 5.74) is 6.52. The van der Waals surface area contributed by atoms with Crippen LogP contribution in [0, 0.1) is 22.7 Å². The molecule has 0 unspecified atom stereocenters. The van der Waals surface area contributed by atoms with Crippen molar-refractivity contribution in [1.82, 2.24) is 0 Å². The number of nitrogens with two attached hydrogens (primary N) is 1. The van der Waals surface area contributed by atoms with Gasteiger partial charge in [-0.15, -0.1) is 11.3 Å². The average Bonchev–Trinajstić information content (AvgIpc) is 2.52. The smallest absolute Gasteiger partial charge is 0.110 e. The molecular weight excluding hydrogens is 170 g/mol. The third-order valence-corrected chi connectivity index (χ3v) is 2.32. The van der Waals surface area contributed by atoms with E-state index in [1.54, 1.807) is 6.07 Å². The first-order valence-corrected chi connectivity index (χ1v) is 4.27. The minimum absolute atomic E-state index is 0.256. The lowest BCUT2D eigenvalue weighted by Gasteiger charge is -2.01. The van der Waals surface area contributed by atoms with E-state index < -0.39 is 0 Å². The second-order valence-electron chi connectivity index (χ2n) is 2.32. The van der Waals surface area contributed by atoms with Gasteiger partial charge in [-0.05, 0) is 17.0 Å². The number of thiophene rings is 1. The maximum Gasteiger partial charge on any atom is 0.110 e. The van der Waals surface area contributed by atoms with E-state index in [4.69, 9.17) is 16.3 Å². The molecule has 0 saturated carbocycles. The van der Waals surface area contributed by atoms with Crippen LogP contribution < -0.4 is 5.73 Å². The van der Waals surface area contributed by atoms with Crippen LogP contribution in [0.5, 0.6) is 0 Å². The molecule has 12 heavy (non-hydrogen) atoms. The summed E-state index contributed by atoms with van der Waals surface area (Å²) in [6.07, 6.45) is 0.293. The molecule has 0 aliphatic rings. The Labute approximate surface area is 74.7 Å². The first-order chi connectivity index (χ1) is 5.77. The largest absolute Gasteiger partial charge is 0.323 e.